The maximum absolute atomic E-state index is 15.5. The summed E-state index contributed by atoms with van der Waals surface area (Å²) in [7, 11) is 0. The van der Waals surface area contributed by atoms with Crippen molar-refractivity contribution in [2.75, 3.05) is 0 Å². The normalized spacial score (nSPS) is 45.6. The number of halogens is 16. The van der Waals surface area contributed by atoms with Gasteiger partial charge in [-0.1, -0.05) is 27.7 Å². The van der Waals surface area contributed by atoms with Crippen LogP contribution in [0.1, 0.15) is 27.7 Å². The maximum atomic E-state index is 15.5. The van der Waals surface area contributed by atoms with Gasteiger partial charge in [-0.05, 0) is 11.8 Å². The third kappa shape index (κ3) is 1.86. The zero-order valence-electron chi connectivity index (χ0n) is 16.2. The highest BCUT2D eigenvalue weighted by Crippen LogP contribution is 2.82. The lowest BCUT2D eigenvalue weighted by atomic mass is 9.46. The second-order valence-corrected chi connectivity index (χ2v) is 8.50. The van der Waals surface area contributed by atoms with Crippen LogP contribution in [0.15, 0.2) is 0 Å². The van der Waals surface area contributed by atoms with Crippen LogP contribution in [0.5, 0.6) is 0 Å². The fourth-order valence-corrected chi connectivity index (χ4v) is 4.61. The molecule has 4 atom stereocenters. The van der Waals surface area contributed by atoms with Gasteiger partial charge < -0.3 is 0 Å². The molecule has 0 aromatic heterocycles. The highest BCUT2D eigenvalue weighted by atomic mass is 19.4. The molecule has 190 valence electrons. The van der Waals surface area contributed by atoms with Gasteiger partial charge in [0, 0.05) is 0 Å². The Bertz CT molecular complexity index is 736. The van der Waals surface area contributed by atoms with Gasteiger partial charge in [-0.3, -0.25) is 0 Å². The minimum absolute atomic E-state index is 0.0289. The van der Waals surface area contributed by atoms with Gasteiger partial charge in [-0.15, -0.1) is 0 Å². The van der Waals surface area contributed by atoms with Crippen molar-refractivity contribution in [1.82, 2.24) is 0 Å². The standard InChI is InChI=1S/C16H14F16/c1-5(2)7(17)8(18,6(3)4)12(23,24)10(20)9(19,11(7,21)22)13(25,26)15(29,30)16(31,32)14(10,27)28/h5-6H,1-4H3. The zero-order chi connectivity index (χ0) is 26.2. The number of rotatable bonds is 2. The monoisotopic (exact) mass is 510 g/mol. The average Bonchev–Trinajstić information content (AvgIpc) is 2.61. The molecule has 2 aliphatic carbocycles. The number of alkyl halides is 16. The lowest BCUT2D eigenvalue weighted by Crippen LogP contribution is -3.00. The van der Waals surface area contributed by atoms with Gasteiger partial charge in [-0.25, -0.2) is 17.6 Å². The highest BCUT2D eigenvalue weighted by Gasteiger charge is 3.13. The summed E-state index contributed by atoms with van der Waals surface area (Å²) in [4.78, 5) is 0. The molecule has 2 rings (SSSR count). The molecule has 0 aromatic carbocycles. The number of fused-ring (bicyclic) bond motifs is 1. The summed E-state index contributed by atoms with van der Waals surface area (Å²) in [5.41, 5.74) is -28.3. The third-order valence-corrected chi connectivity index (χ3v) is 6.42. The van der Waals surface area contributed by atoms with Gasteiger partial charge in [0.1, 0.15) is 0 Å². The van der Waals surface area contributed by atoms with E-state index in [1.54, 1.807) is 0 Å². The second-order valence-electron chi connectivity index (χ2n) is 8.50. The van der Waals surface area contributed by atoms with E-state index in [4.69, 9.17) is 0 Å². The first kappa shape index (κ1) is 27.1. The van der Waals surface area contributed by atoms with E-state index in [-0.39, 0.29) is 27.7 Å². The Labute approximate surface area is 169 Å². The molecule has 0 aromatic rings. The largest absolute Gasteiger partial charge is 0.382 e. The summed E-state index contributed by atoms with van der Waals surface area (Å²) in [5.74, 6) is -53.2. The molecule has 0 N–H and O–H groups in total. The molecule has 0 amide bonds. The molecule has 32 heavy (non-hydrogen) atoms. The topological polar surface area (TPSA) is 0 Å². The maximum Gasteiger partial charge on any atom is 0.382 e. The highest BCUT2D eigenvalue weighted by molar-refractivity contribution is 5.45. The molecule has 0 aliphatic heterocycles. The quantitative estimate of drug-likeness (QED) is 0.352. The Morgan fingerprint density at radius 1 is 0.312 bits per heavy atom. The van der Waals surface area contributed by atoms with Gasteiger partial charge in [0.25, 0.3) is 11.3 Å². The Kier molecular flexibility index (Phi) is 5.02. The lowest BCUT2D eigenvalue weighted by Gasteiger charge is -2.67. The lowest BCUT2D eigenvalue weighted by molar-refractivity contribution is -0.545. The van der Waals surface area contributed by atoms with Crippen LogP contribution in [0.25, 0.3) is 0 Å². The smallest absolute Gasteiger partial charge is 0.233 e. The van der Waals surface area contributed by atoms with Gasteiger partial charge in [0.15, 0.2) is 0 Å². The van der Waals surface area contributed by atoms with Crippen LogP contribution in [-0.4, -0.2) is 58.2 Å². The van der Waals surface area contributed by atoms with Crippen LogP contribution in [0.3, 0.4) is 0 Å². The van der Waals surface area contributed by atoms with Gasteiger partial charge in [0.05, 0.1) is 0 Å². The average molecular weight is 510 g/mol. The van der Waals surface area contributed by atoms with Crippen molar-refractivity contribution in [2.24, 2.45) is 11.8 Å². The first-order valence-electron chi connectivity index (χ1n) is 8.66. The van der Waals surface area contributed by atoms with Gasteiger partial charge in [-0.2, -0.15) is 52.7 Å². The Morgan fingerprint density at radius 2 is 0.500 bits per heavy atom. The Balaban J connectivity index is 3.34. The molecule has 2 saturated carbocycles. The minimum Gasteiger partial charge on any atom is -0.233 e. The Hall–Kier alpha value is -1.12. The van der Waals surface area contributed by atoms with E-state index in [1.807, 2.05) is 0 Å². The van der Waals surface area contributed by atoms with Crippen LogP contribution < -0.4 is 0 Å². The molecule has 0 spiro atoms. The van der Waals surface area contributed by atoms with Crippen molar-refractivity contribution in [3.8, 4) is 0 Å². The molecular formula is C16H14F16. The van der Waals surface area contributed by atoms with E-state index in [1.165, 1.54) is 0 Å². The van der Waals surface area contributed by atoms with Crippen molar-refractivity contribution < 1.29 is 70.2 Å². The summed E-state index contributed by atoms with van der Waals surface area (Å²) in [6.45, 7) is 0.116. The van der Waals surface area contributed by atoms with Crippen LogP contribution in [0, 0.1) is 11.8 Å². The Morgan fingerprint density at radius 3 is 0.656 bits per heavy atom. The van der Waals surface area contributed by atoms with Gasteiger partial charge in [0.2, 0.25) is 11.3 Å². The molecular weight excluding hydrogens is 496 g/mol. The molecule has 4 unspecified atom stereocenters. The molecule has 0 nitrogen and oxygen atoms in total. The number of hydrogen-bond acceptors (Lipinski definition) is 0. The molecule has 0 saturated heterocycles. The van der Waals surface area contributed by atoms with Crippen LogP contribution in [0.4, 0.5) is 70.2 Å². The molecule has 2 fully saturated rings. The summed E-state index contributed by atoms with van der Waals surface area (Å²) in [6.07, 6.45) is 0. The van der Waals surface area contributed by atoms with Crippen molar-refractivity contribution in [1.29, 1.82) is 0 Å². The first-order chi connectivity index (χ1) is 13.6. The van der Waals surface area contributed by atoms with Crippen molar-refractivity contribution in [3.63, 3.8) is 0 Å². The van der Waals surface area contributed by atoms with Crippen molar-refractivity contribution >= 4 is 0 Å². The van der Waals surface area contributed by atoms with E-state index in [9.17, 15) is 52.7 Å². The third-order valence-electron chi connectivity index (χ3n) is 6.42. The van der Waals surface area contributed by atoms with Crippen molar-refractivity contribution in [2.45, 2.75) is 85.9 Å². The van der Waals surface area contributed by atoms with Crippen LogP contribution in [-0.2, 0) is 0 Å². The summed E-state index contributed by atoms with van der Waals surface area (Å²) >= 11 is 0. The van der Waals surface area contributed by atoms with E-state index >= 15 is 17.6 Å². The van der Waals surface area contributed by atoms with Crippen LogP contribution >= 0.6 is 0 Å². The predicted octanol–water partition coefficient (Wildman–Crippen LogP) is 6.97. The fraction of sp³-hybridized carbons (Fsp3) is 1.00. The van der Waals surface area contributed by atoms with E-state index < -0.39 is 70.0 Å². The van der Waals surface area contributed by atoms with E-state index in [0.717, 1.165) is 0 Å². The van der Waals surface area contributed by atoms with E-state index in [2.05, 4.69) is 0 Å². The SMILES string of the molecule is CC(C)C1(F)C(F)(F)C2(F)C(F)(F)C(F)(F)C(F)(F)C(F)(F)C2(F)C(F)(F)C1(F)C(C)C. The predicted molar refractivity (Wildman–Crippen MR) is 74.7 cm³/mol. The molecule has 0 heterocycles. The van der Waals surface area contributed by atoms with Crippen molar-refractivity contribution in [3.05, 3.63) is 0 Å². The fourth-order valence-electron chi connectivity index (χ4n) is 4.61. The number of hydrogen-bond donors (Lipinski definition) is 0. The van der Waals surface area contributed by atoms with Crippen LogP contribution in [0.2, 0.25) is 0 Å². The zero-order valence-corrected chi connectivity index (χ0v) is 16.2. The molecule has 16 heteroatoms. The summed E-state index contributed by atoms with van der Waals surface area (Å²) < 4.78 is 233. The van der Waals surface area contributed by atoms with Gasteiger partial charge >= 0.3 is 35.5 Å². The van der Waals surface area contributed by atoms with E-state index in [0.29, 0.717) is 0 Å². The molecule has 2 aliphatic rings. The first-order valence-corrected chi connectivity index (χ1v) is 8.66. The second kappa shape index (κ2) is 5.92. The summed E-state index contributed by atoms with van der Waals surface area (Å²) in [6, 6.07) is 0. The molecule has 0 radical (unpaired) electrons. The summed E-state index contributed by atoms with van der Waals surface area (Å²) in [5, 5.41) is 0. The molecule has 0 bridgehead atoms. The minimum atomic E-state index is -8.10.